The number of aryl methyl sites for hydroxylation is 1. The third-order valence-corrected chi connectivity index (χ3v) is 4.64. The maximum absolute atomic E-state index is 11.0. The summed E-state index contributed by atoms with van der Waals surface area (Å²) in [5.74, 6) is -0.211. The highest BCUT2D eigenvalue weighted by atomic mass is 127. The van der Waals surface area contributed by atoms with Gasteiger partial charge in [-0.15, -0.1) is 0 Å². The first-order valence-corrected chi connectivity index (χ1v) is 5.93. The minimum Gasteiger partial charge on any atom is -0.469 e. The molecule has 0 radical (unpaired) electrons. The average molecular weight is 369 g/mol. The van der Waals surface area contributed by atoms with Crippen LogP contribution in [-0.2, 0) is 16.0 Å². The molecule has 0 aliphatic heterocycles. The van der Waals surface area contributed by atoms with Crippen LogP contribution in [0, 0.1) is 10.5 Å². The number of benzene rings is 1. The second-order valence-electron chi connectivity index (χ2n) is 2.96. The molecule has 0 spiro atoms. The lowest BCUT2D eigenvalue weighted by atomic mass is 10.1. The van der Waals surface area contributed by atoms with Gasteiger partial charge in [0, 0.05) is 8.04 Å². The molecule has 0 saturated heterocycles. The van der Waals surface area contributed by atoms with E-state index < -0.39 is 0 Å². The maximum Gasteiger partial charge on any atom is 0.309 e. The Balaban J connectivity index is 2.95. The molecule has 4 heteroatoms. The fourth-order valence-corrected chi connectivity index (χ4v) is 2.06. The zero-order chi connectivity index (χ0) is 10.7. The topological polar surface area (TPSA) is 26.3 Å². The van der Waals surface area contributed by atoms with Crippen LogP contribution in [-0.4, -0.2) is 13.1 Å². The predicted molar refractivity (Wildman–Crippen MR) is 67.3 cm³/mol. The Morgan fingerprint density at radius 3 is 2.71 bits per heavy atom. The van der Waals surface area contributed by atoms with E-state index >= 15 is 0 Å². The Kier molecular flexibility index (Phi) is 4.37. The van der Waals surface area contributed by atoms with Gasteiger partial charge in [0.2, 0.25) is 0 Å². The van der Waals surface area contributed by atoms with Crippen molar-refractivity contribution in [1.29, 1.82) is 0 Å². The van der Waals surface area contributed by atoms with Crippen LogP contribution in [0.5, 0.6) is 0 Å². The van der Waals surface area contributed by atoms with Gasteiger partial charge in [-0.25, -0.2) is 0 Å². The van der Waals surface area contributed by atoms with Gasteiger partial charge in [0.1, 0.15) is 0 Å². The van der Waals surface area contributed by atoms with Gasteiger partial charge >= 0.3 is 5.97 Å². The molecule has 76 valence electrons. The third-order valence-electron chi connectivity index (χ3n) is 1.85. The van der Waals surface area contributed by atoms with Gasteiger partial charge in [0.05, 0.1) is 13.5 Å². The highest BCUT2D eigenvalue weighted by Gasteiger charge is 2.07. The largest absolute Gasteiger partial charge is 0.469 e. The molecule has 1 aromatic rings. The smallest absolute Gasteiger partial charge is 0.309 e. The van der Waals surface area contributed by atoms with Crippen molar-refractivity contribution in [1.82, 2.24) is 0 Å². The Bertz CT molecular complexity index is 340. The van der Waals surface area contributed by atoms with Gasteiger partial charge in [0.15, 0.2) is 0 Å². The Morgan fingerprint density at radius 2 is 2.21 bits per heavy atom. The van der Waals surface area contributed by atoms with Crippen molar-refractivity contribution in [2.75, 3.05) is 7.11 Å². The second kappa shape index (κ2) is 5.11. The zero-order valence-corrected chi connectivity index (χ0v) is 11.7. The summed E-state index contributed by atoms with van der Waals surface area (Å²) in [5, 5.41) is 0. The molecule has 0 aliphatic carbocycles. The number of carbonyl (C=O) groups excluding carboxylic acids is 1. The van der Waals surface area contributed by atoms with Crippen molar-refractivity contribution < 1.29 is 9.53 Å². The molecule has 2 nitrogen and oxygen atoms in total. The lowest BCUT2D eigenvalue weighted by molar-refractivity contribution is -0.139. The summed E-state index contributed by atoms with van der Waals surface area (Å²) in [6, 6.07) is 3.95. The van der Waals surface area contributed by atoms with E-state index in [0.717, 1.165) is 10.0 Å². The van der Waals surface area contributed by atoms with E-state index in [9.17, 15) is 4.79 Å². The predicted octanol–water partition coefficient (Wildman–Crippen LogP) is 3.08. The van der Waals surface area contributed by atoms with E-state index in [1.54, 1.807) is 0 Å². The van der Waals surface area contributed by atoms with Crippen LogP contribution in [0.2, 0.25) is 0 Å². The van der Waals surface area contributed by atoms with Crippen molar-refractivity contribution in [3.05, 3.63) is 31.3 Å². The van der Waals surface area contributed by atoms with Gasteiger partial charge in [-0.05, 0) is 62.6 Å². The highest BCUT2D eigenvalue weighted by Crippen LogP contribution is 2.24. The molecule has 0 fully saturated rings. The minimum absolute atomic E-state index is 0.211. The van der Waals surface area contributed by atoms with Gasteiger partial charge < -0.3 is 4.74 Å². The number of rotatable bonds is 2. The minimum atomic E-state index is -0.211. The highest BCUT2D eigenvalue weighted by molar-refractivity contribution is 14.1. The summed E-state index contributed by atoms with van der Waals surface area (Å²) >= 11 is 5.71. The molecule has 0 aromatic heterocycles. The van der Waals surface area contributed by atoms with E-state index in [2.05, 4.69) is 43.3 Å². The van der Waals surface area contributed by atoms with Crippen molar-refractivity contribution in [2.24, 2.45) is 0 Å². The van der Waals surface area contributed by atoms with E-state index in [0.29, 0.717) is 6.42 Å². The molecule has 0 atom stereocenters. The van der Waals surface area contributed by atoms with Crippen molar-refractivity contribution in [3.8, 4) is 0 Å². The molecule has 0 saturated carbocycles. The first-order chi connectivity index (χ1) is 6.54. The summed E-state index contributed by atoms with van der Waals surface area (Å²) < 4.78 is 6.81. The van der Waals surface area contributed by atoms with Crippen LogP contribution in [0.4, 0.5) is 0 Å². The van der Waals surface area contributed by atoms with E-state index in [1.807, 2.05) is 19.1 Å². The monoisotopic (exact) mass is 368 g/mol. The molecular formula is C10H10BrIO2. The molecule has 0 N–H and O–H groups in total. The molecule has 0 amide bonds. The summed E-state index contributed by atoms with van der Waals surface area (Å²) in [5.41, 5.74) is 2.14. The Morgan fingerprint density at radius 1 is 1.57 bits per heavy atom. The number of esters is 1. The summed E-state index contributed by atoms with van der Waals surface area (Å²) in [6.45, 7) is 2.02. The normalized spacial score (nSPS) is 10.0. The molecule has 1 aromatic carbocycles. The van der Waals surface area contributed by atoms with Crippen LogP contribution in [0.3, 0.4) is 0 Å². The Hall–Kier alpha value is -0.100. The number of methoxy groups -OCH3 is 1. The molecule has 0 heterocycles. The van der Waals surface area contributed by atoms with E-state index in [-0.39, 0.29) is 5.97 Å². The maximum atomic E-state index is 11.0. The quantitative estimate of drug-likeness (QED) is 0.592. The number of carbonyl (C=O) groups is 1. The number of hydrogen-bond acceptors (Lipinski definition) is 2. The van der Waals surface area contributed by atoms with Crippen molar-refractivity contribution >= 4 is 44.5 Å². The van der Waals surface area contributed by atoms with Crippen molar-refractivity contribution in [2.45, 2.75) is 13.3 Å². The van der Waals surface area contributed by atoms with Crippen LogP contribution < -0.4 is 0 Å². The Labute approximate surface area is 105 Å². The van der Waals surface area contributed by atoms with Gasteiger partial charge in [0.25, 0.3) is 0 Å². The molecule has 0 aliphatic rings. The van der Waals surface area contributed by atoms with Crippen LogP contribution >= 0.6 is 38.5 Å². The standard InChI is InChI=1S/C10H10BrIO2/c1-6-3-7(5-9(13)14-2)4-8(11)10(6)12/h3-4H,5H2,1-2H3. The fourth-order valence-electron chi connectivity index (χ4n) is 1.14. The van der Waals surface area contributed by atoms with E-state index in [1.165, 1.54) is 16.2 Å². The SMILES string of the molecule is COC(=O)Cc1cc(C)c(I)c(Br)c1. The van der Waals surface area contributed by atoms with Crippen LogP contribution in [0.25, 0.3) is 0 Å². The summed E-state index contributed by atoms with van der Waals surface area (Å²) in [7, 11) is 1.40. The van der Waals surface area contributed by atoms with Gasteiger partial charge in [-0.3, -0.25) is 4.79 Å². The molecule has 14 heavy (non-hydrogen) atoms. The second-order valence-corrected chi connectivity index (χ2v) is 4.89. The van der Waals surface area contributed by atoms with Gasteiger partial charge in [-0.2, -0.15) is 0 Å². The lowest BCUT2D eigenvalue weighted by Gasteiger charge is -2.05. The first kappa shape index (κ1) is 12.0. The third kappa shape index (κ3) is 2.95. The lowest BCUT2D eigenvalue weighted by Crippen LogP contribution is -2.05. The average Bonchev–Trinajstić information content (AvgIpc) is 2.14. The molecule has 1 rings (SSSR count). The fraction of sp³-hybridized carbons (Fsp3) is 0.300. The van der Waals surface area contributed by atoms with E-state index in [4.69, 9.17) is 0 Å². The number of ether oxygens (including phenoxy) is 1. The molecule has 0 unspecified atom stereocenters. The molecule has 0 bridgehead atoms. The van der Waals surface area contributed by atoms with Crippen LogP contribution in [0.15, 0.2) is 16.6 Å². The molecular weight excluding hydrogens is 359 g/mol. The summed E-state index contributed by atoms with van der Waals surface area (Å²) in [4.78, 5) is 11.0. The van der Waals surface area contributed by atoms with Crippen molar-refractivity contribution in [3.63, 3.8) is 0 Å². The number of hydrogen-bond donors (Lipinski definition) is 0. The number of halogens is 2. The van der Waals surface area contributed by atoms with Crippen LogP contribution in [0.1, 0.15) is 11.1 Å². The zero-order valence-electron chi connectivity index (χ0n) is 7.93. The van der Waals surface area contributed by atoms with Gasteiger partial charge in [-0.1, -0.05) is 6.07 Å². The summed E-state index contributed by atoms with van der Waals surface area (Å²) in [6.07, 6.45) is 0.326. The first-order valence-electron chi connectivity index (χ1n) is 4.06.